The summed E-state index contributed by atoms with van der Waals surface area (Å²) < 4.78 is 4.65. The summed E-state index contributed by atoms with van der Waals surface area (Å²) in [6, 6.07) is 16.7. The molecule has 3 aromatic rings. The summed E-state index contributed by atoms with van der Waals surface area (Å²) in [5, 5.41) is 5.93. The first-order chi connectivity index (χ1) is 17.2. The van der Waals surface area contributed by atoms with Crippen LogP contribution in [0.25, 0.3) is 0 Å². The zero-order valence-electron chi connectivity index (χ0n) is 18.5. The molecule has 182 valence electrons. The second-order valence-electron chi connectivity index (χ2n) is 7.46. The third-order valence-electron chi connectivity index (χ3n) is 5.17. The average Bonchev–Trinajstić information content (AvgIpc) is 3.09. The van der Waals surface area contributed by atoms with Crippen LogP contribution in [-0.2, 0) is 14.3 Å². The molecule has 2 N–H and O–H groups in total. The van der Waals surface area contributed by atoms with E-state index in [2.05, 4.69) is 15.4 Å². The van der Waals surface area contributed by atoms with E-state index in [1.807, 2.05) is 0 Å². The fourth-order valence-electron chi connectivity index (χ4n) is 3.34. The number of benzene rings is 3. The number of hydrogen-bond donors (Lipinski definition) is 2. The summed E-state index contributed by atoms with van der Waals surface area (Å²) in [6.45, 7) is 0. The van der Waals surface area contributed by atoms with E-state index >= 15 is 0 Å². The number of methoxy groups -OCH3 is 1. The minimum atomic E-state index is -0.715. The first-order valence-corrected chi connectivity index (χ1v) is 11.4. The molecule has 0 aliphatic carbocycles. The summed E-state index contributed by atoms with van der Waals surface area (Å²) in [6.07, 6.45) is 0. The van der Waals surface area contributed by atoms with Crippen LogP contribution in [0.2, 0.25) is 10.0 Å². The molecule has 0 aromatic heterocycles. The number of carbonyl (C=O) groups excluding carboxylic acids is 4. The molecule has 0 bridgehead atoms. The number of esters is 1. The molecule has 0 spiro atoms. The quantitative estimate of drug-likeness (QED) is 0.315. The van der Waals surface area contributed by atoms with Crippen LogP contribution in [0.5, 0.6) is 0 Å². The van der Waals surface area contributed by atoms with Gasteiger partial charge in [-0.25, -0.2) is 9.69 Å². The van der Waals surface area contributed by atoms with Crippen molar-refractivity contribution >= 4 is 75.6 Å². The van der Waals surface area contributed by atoms with Crippen molar-refractivity contribution in [3.8, 4) is 0 Å². The van der Waals surface area contributed by atoms with Gasteiger partial charge in [0.1, 0.15) is 10.7 Å². The summed E-state index contributed by atoms with van der Waals surface area (Å²) in [5.41, 5.74) is 1.63. The van der Waals surface area contributed by atoms with Crippen molar-refractivity contribution in [3.05, 3.63) is 98.6 Å². The fourth-order valence-corrected chi connectivity index (χ4v) is 3.85. The molecular formula is C25H16Cl3N3O5. The Morgan fingerprint density at radius 3 is 2.00 bits per heavy atom. The van der Waals surface area contributed by atoms with Crippen LogP contribution < -0.4 is 15.5 Å². The molecule has 0 fully saturated rings. The molecule has 8 nitrogen and oxygen atoms in total. The molecule has 0 atom stereocenters. The van der Waals surface area contributed by atoms with Gasteiger partial charge < -0.3 is 15.4 Å². The predicted molar refractivity (Wildman–Crippen MR) is 138 cm³/mol. The van der Waals surface area contributed by atoms with Crippen molar-refractivity contribution in [3.63, 3.8) is 0 Å². The summed E-state index contributed by atoms with van der Waals surface area (Å²) >= 11 is 18.0. The Balaban J connectivity index is 1.46. The SMILES string of the molecule is COC(=O)c1ccc(N2C(=O)C(Cl)=C(Nc3ccc(C(=O)Nc4ccc(Cl)c(Cl)c4)cc3)C2=O)cc1. The maximum Gasteiger partial charge on any atom is 0.337 e. The normalized spacial score (nSPS) is 13.2. The van der Waals surface area contributed by atoms with Crippen molar-refractivity contribution in [1.82, 2.24) is 0 Å². The van der Waals surface area contributed by atoms with Gasteiger partial charge in [0.05, 0.1) is 28.4 Å². The molecule has 11 heteroatoms. The highest BCUT2D eigenvalue weighted by Gasteiger charge is 2.39. The van der Waals surface area contributed by atoms with Crippen molar-refractivity contribution in [2.75, 3.05) is 22.6 Å². The van der Waals surface area contributed by atoms with E-state index in [-0.39, 0.29) is 27.9 Å². The zero-order chi connectivity index (χ0) is 26.0. The standard InChI is InChI=1S/C25H16Cl3N3O5/c1-36-25(35)14-4-9-17(10-5-14)31-23(33)20(28)21(24(31)34)29-15-6-2-13(3-7-15)22(32)30-16-8-11-18(26)19(27)12-16/h2-12,29H,1H3,(H,30,32). The fraction of sp³-hybridized carbons (Fsp3) is 0.0400. The molecule has 0 saturated heterocycles. The lowest BCUT2D eigenvalue weighted by Gasteiger charge is -2.15. The molecule has 36 heavy (non-hydrogen) atoms. The number of imide groups is 1. The second-order valence-corrected chi connectivity index (χ2v) is 8.65. The highest BCUT2D eigenvalue weighted by molar-refractivity contribution is 6.53. The maximum atomic E-state index is 13.0. The van der Waals surface area contributed by atoms with Gasteiger partial charge in [0.15, 0.2) is 0 Å². The lowest BCUT2D eigenvalue weighted by atomic mass is 10.2. The Bertz CT molecular complexity index is 1420. The number of anilines is 3. The molecule has 4 rings (SSSR count). The number of halogens is 3. The maximum absolute atomic E-state index is 13.0. The Labute approximate surface area is 220 Å². The molecule has 1 heterocycles. The Kier molecular flexibility index (Phi) is 7.30. The van der Waals surface area contributed by atoms with Crippen LogP contribution in [0.3, 0.4) is 0 Å². The number of hydrogen-bond acceptors (Lipinski definition) is 6. The molecule has 0 radical (unpaired) electrons. The minimum absolute atomic E-state index is 0.119. The monoisotopic (exact) mass is 543 g/mol. The molecule has 1 aliphatic rings. The van der Waals surface area contributed by atoms with E-state index in [4.69, 9.17) is 34.8 Å². The molecule has 3 aromatic carbocycles. The summed E-state index contributed by atoms with van der Waals surface area (Å²) in [5.74, 6) is -2.32. The number of carbonyl (C=O) groups is 4. The van der Waals surface area contributed by atoms with Gasteiger partial charge in [-0.1, -0.05) is 34.8 Å². The van der Waals surface area contributed by atoms with Crippen LogP contribution in [-0.4, -0.2) is 30.8 Å². The van der Waals surface area contributed by atoms with Crippen LogP contribution in [0.15, 0.2) is 77.5 Å². The van der Waals surface area contributed by atoms with Crippen LogP contribution in [0.4, 0.5) is 17.1 Å². The van der Waals surface area contributed by atoms with Crippen molar-refractivity contribution < 1.29 is 23.9 Å². The third kappa shape index (κ3) is 5.06. The van der Waals surface area contributed by atoms with Gasteiger partial charge in [-0.15, -0.1) is 0 Å². The van der Waals surface area contributed by atoms with E-state index in [1.165, 1.54) is 49.6 Å². The van der Waals surface area contributed by atoms with Gasteiger partial charge in [0.25, 0.3) is 17.7 Å². The van der Waals surface area contributed by atoms with Crippen LogP contribution >= 0.6 is 34.8 Å². The summed E-state index contributed by atoms with van der Waals surface area (Å²) in [4.78, 5) is 50.7. The van der Waals surface area contributed by atoms with Gasteiger partial charge in [-0.3, -0.25) is 14.4 Å². The molecule has 0 saturated carbocycles. The highest BCUT2D eigenvalue weighted by atomic mass is 35.5. The number of rotatable bonds is 6. The molecule has 1 aliphatic heterocycles. The lowest BCUT2D eigenvalue weighted by molar-refractivity contribution is -0.120. The minimum Gasteiger partial charge on any atom is -0.465 e. The predicted octanol–water partition coefficient (Wildman–Crippen LogP) is 5.47. The Hall–Kier alpha value is -3.85. The average molecular weight is 545 g/mol. The van der Waals surface area contributed by atoms with Gasteiger partial charge >= 0.3 is 5.97 Å². The van der Waals surface area contributed by atoms with E-state index in [0.29, 0.717) is 27.0 Å². The molecule has 3 amide bonds. The largest absolute Gasteiger partial charge is 0.465 e. The number of nitrogens with zero attached hydrogens (tertiary/aromatic N) is 1. The van der Waals surface area contributed by atoms with Crippen molar-refractivity contribution in [1.29, 1.82) is 0 Å². The van der Waals surface area contributed by atoms with Crippen molar-refractivity contribution in [2.24, 2.45) is 0 Å². The topological polar surface area (TPSA) is 105 Å². The molecular weight excluding hydrogens is 529 g/mol. The Morgan fingerprint density at radius 2 is 1.39 bits per heavy atom. The highest BCUT2D eigenvalue weighted by Crippen LogP contribution is 2.30. The zero-order valence-corrected chi connectivity index (χ0v) is 20.7. The smallest absolute Gasteiger partial charge is 0.337 e. The summed E-state index contributed by atoms with van der Waals surface area (Å²) in [7, 11) is 1.25. The van der Waals surface area contributed by atoms with Crippen LogP contribution in [0.1, 0.15) is 20.7 Å². The van der Waals surface area contributed by atoms with Gasteiger partial charge in [0.2, 0.25) is 0 Å². The van der Waals surface area contributed by atoms with E-state index in [0.717, 1.165) is 4.90 Å². The number of nitrogens with one attached hydrogen (secondary N) is 2. The number of amides is 3. The van der Waals surface area contributed by atoms with E-state index < -0.39 is 17.8 Å². The first-order valence-electron chi connectivity index (χ1n) is 10.3. The van der Waals surface area contributed by atoms with Gasteiger partial charge in [-0.2, -0.15) is 0 Å². The van der Waals surface area contributed by atoms with Crippen LogP contribution in [0, 0.1) is 0 Å². The molecule has 0 unspecified atom stereocenters. The second kappa shape index (κ2) is 10.4. The van der Waals surface area contributed by atoms with Crippen molar-refractivity contribution in [2.45, 2.75) is 0 Å². The van der Waals surface area contributed by atoms with E-state index in [1.54, 1.807) is 24.3 Å². The van der Waals surface area contributed by atoms with Gasteiger partial charge in [0, 0.05) is 16.9 Å². The lowest BCUT2D eigenvalue weighted by Crippen LogP contribution is -2.32. The number of ether oxygens (including phenoxy) is 1. The first kappa shape index (κ1) is 25.2. The van der Waals surface area contributed by atoms with E-state index in [9.17, 15) is 19.2 Å². The van der Waals surface area contributed by atoms with Gasteiger partial charge in [-0.05, 0) is 66.7 Å². The third-order valence-corrected chi connectivity index (χ3v) is 6.26. The Morgan fingerprint density at radius 1 is 0.778 bits per heavy atom.